The van der Waals surface area contributed by atoms with Gasteiger partial charge in [-0.1, -0.05) is 17.3 Å². The Kier molecular flexibility index (Phi) is 3.27. The van der Waals surface area contributed by atoms with Gasteiger partial charge in [0.15, 0.2) is 0 Å². The van der Waals surface area contributed by atoms with E-state index in [-0.39, 0.29) is 17.9 Å². The summed E-state index contributed by atoms with van der Waals surface area (Å²) in [5, 5.41) is 7.15. The van der Waals surface area contributed by atoms with Crippen LogP contribution < -0.4 is 11.1 Å². The molecule has 1 fully saturated rings. The van der Waals surface area contributed by atoms with Crippen LogP contribution in [0.15, 0.2) is 6.20 Å². The third-order valence-electron chi connectivity index (χ3n) is 2.76. The van der Waals surface area contributed by atoms with Gasteiger partial charge >= 0.3 is 0 Å². The van der Waals surface area contributed by atoms with Crippen molar-refractivity contribution in [2.75, 3.05) is 5.32 Å². The van der Waals surface area contributed by atoms with Gasteiger partial charge in [-0.2, -0.15) is 0 Å². The summed E-state index contributed by atoms with van der Waals surface area (Å²) in [6.45, 7) is 0. The van der Waals surface area contributed by atoms with Crippen LogP contribution in [0.3, 0.4) is 0 Å². The Bertz CT molecular complexity index is 327. The van der Waals surface area contributed by atoms with E-state index in [9.17, 15) is 4.79 Å². The first-order valence-electron chi connectivity index (χ1n) is 5.11. The van der Waals surface area contributed by atoms with Crippen molar-refractivity contribution in [3.8, 4) is 0 Å². The van der Waals surface area contributed by atoms with Crippen molar-refractivity contribution >= 4 is 22.4 Å². The largest absolute Gasteiger partial charge is 0.327 e. The summed E-state index contributed by atoms with van der Waals surface area (Å²) < 4.78 is 3.69. The van der Waals surface area contributed by atoms with Crippen LogP contribution >= 0.6 is 11.5 Å². The Morgan fingerprint density at radius 3 is 3.00 bits per heavy atom. The van der Waals surface area contributed by atoms with Gasteiger partial charge in [0.05, 0.1) is 12.1 Å². The first-order valence-corrected chi connectivity index (χ1v) is 5.88. The number of hydrogen-bond acceptors (Lipinski definition) is 5. The quantitative estimate of drug-likeness (QED) is 0.788. The van der Waals surface area contributed by atoms with E-state index in [0.717, 1.165) is 25.7 Å². The predicted molar refractivity (Wildman–Crippen MR) is 58.5 cm³/mol. The van der Waals surface area contributed by atoms with Crippen molar-refractivity contribution in [3.05, 3.63) is 6.20 Å². The van der Waals surface area contributed by atoms with Crippen LogP contribution in [-0.2, 0) is 4.79 Å². The Balaban J connectivity index is 1.95. The van der Waals surface area contributed by atoms with E-state index in [4.69, 9.17) is 5.73 Å². The number of nitrogens with two attached hydrogens (primary N) is 1. The maximum Gasteiger partial charge on any atom is 0.229 e. The molecule has 2 atom stereocenters. The highest BCUT2D eigenvalue weighted by molar-refractivity contribution is 7.10. The lowest BCUT2D eigenvalue weighted by atomic mass is 9.84. The van der Waals surface area contributed by atoms with Gasteiger partial charge in [0.1, 0.15) is 5.00 Å². The number of hydrogen-bond donors (Lipinski definition) is 2. The number of carbonyl (C=O) groups is 1. The average Bonchev–Trinajstić information content (AvgIpc) is 2.71. The lowest BCUT2D eigenvalue weighted by Crippen LogP contribution is -2.40. The van der Waals surface area contributed by atoms with Crippen molar-refractivity contribution < 1.29 is 4.79 Å². The van der Waals surface area contributed by atoms with Crippen LogP contribution in [0.25, 0.3) is 0 Å². The molecular formula is C9H14N4OS. The van der Waals surface area contributed by atoms with Gasteiger partial charge in [-0.25, -0.2) is 0 Å². The van der Waals surface area contributed by atoms with Crippen molar-refractivity contribution in [2.24, 2.45) is 11.7 Å². The second-order valence-electron chi connectivity index (χ2n) is 3.83. The third-order valence-corrected chi connectivity index (χ3v) is 3.34. The fraction of sp³-hybridized carbons (Fsp3) is 0.667. The van der Waals surface area contributed by atoms with Crippen LogP contribution in [-0.4, -0.2) is 21.5 Å². The number of anilines is 1. The zero-order valence-corrected chi connectivity index (χ0v) is 9.17. The SMILES string of the molecule is NC1CCCCC1C(=O)Nc1cnns1. The van der Waals surface area contributed by atoms with Gasteiger partial charge in [0.2, 0.25) is 5.91 Å². The summed E-state index contributed by atoms with van der Waals surface area (Å²) in [5.41, 5.74) is 5.92. The Labute approximate surface area is 92.2 Å². The van der Waals surface area contributed by atoms with Gasteiger partial charge in [-0.15, -0.1) is 5.10 Å². The van der Waals surface area contributed by atoms with Crippen molar-refractivity contribution in [2.45, 2.75) is 31.7 Å². The summed E-state index contributed by atoms with van der Waals surface area (Å²) >= 11 is 1.18. The molecule has 0 saturated heterocycles. The van der Waals surface area contributed by atoms with Crippen LogP contribution in [0.2, 0.25) is 0 Å². The van der Waals surface area contributed by atoms with Gasteiger partial charge < -0.3 is 11.1 Å². The molecule has 1 aromatic rings. The third kappa shape index (κ3) is 2.51. The van der Waals surface area contributed by atoms with E-state index >= 15 is 0 Å². The number of nitrogens with one attached hydrogen (secondary N) is 1. The molecule has 1 saturated carbocycles. The van der Waals surface area contributed by atoms with Gasteiger partial charge in [0, 0.05) is 17.6 Å². The molecule has 1 aromatic heterocycles. The first-order chi connectivity index (χ1) is 7.27. The average molecular weight is 226 g/mol. The zero-order chi connectivity index (χ0) is 10.7. The molecule has 15 heavy (non-hydrogen) atoms. The summed E-state index contributed by atoms with van der Waals surface area (Å²) in [6.07, 6.45) is 5.61. The molecule has 1 aliphatic rings. The molecule has 0 aromatic carbocycles. The highest BCUT2D eigenvalue weighted by atomic mass is 32.1. The van der Waals surface area contributed by atoms with E-state index < -0.39 is 0 Å². The number of carbonyl (C=O) groups excluding carboxylic acids is 1. The summed E-state index contributed by atoms with van der Waals surface area (Å²) in [5.74, 6) is -0.0471. The van der Waals surface area contributed by atoms with Gasteiger partial charge in [-0.05, 0) is 12.8 Å². The van der Waals surface area contributed by atoms with Crippen molar-refractivity contribution in [1.29, 1.82) is 0 Å². The molecule has 0 spiro atoms. The lowest BCUT2D eigenvalue weighted by molar-refractivity contribution is -0.121. The van der Waals surface area contributed by atoms with Crippen molar-refractivity contribution in [1.82, 2.24) is 9.59 Å². The molecule has 5 nitrogen and oxygen atoms in total. The van der Waals surface area contributed by atoms with E-state index in [1.165, 1.54) is 11.5 Å². The summed E-state index contributed by atoms with van der Waals surface area (Å²) in [4.78, 5) is 11.8. The van der Waals surface area contributed by atoms with Crippen LogP contribution in [0.5, 0.6) is 0 Å². The molecule has 0 aliphatic heterocycles. The number of amides is 1. The molecule has 2 rings (SSSR count). The standard InChI is InChI=1S/C9H14N4OS/c10-7-4-2-1-3-6(7)9(14)12-8-5-11-13-15-8/h5-7H,1-4,10H2,(H,12,14). The fourth-order valence-electron chi connectivity index (χ4n) is 1.92. The predicted octanol–water partition coefficient (Wildman–Crippen LogP) is 0.994. The van der Waals surface area contributed by atoms with E-state index in [1.807, 2.05) is 0 Å². The van der Waals surface area contributed by atoms with Crippen molar-refractivity contribution in [3.63, 3.8) is 0 Å². The van der Waals surface area contributed by atoms with E-state index in [2.05, 4.69) is 14.9 Å². The molecule has 1 heterocycles. The minimum Gasteiger partial charge on any atom is -0.327 e. The number of nitrogens with zero attached hydrogens (tertiary/aromatic N) is 2. The maximum absolute atomic E-state index is 11.8. The van der Waals surface area contributed by atoms with Gasteiger partial charge in [-0.3, -0.25) is 4.79 Å². The number of rotatable bonds is 2. The Hall–Kier alpha value is -1.01. The zero-order valence-electron chi connectivity index (χ0n) is 8.35. The second kappa shape index (κ2) is 4.67. The molecule has 2 unspecified atom stereocenters. The normalized spacial score (nSPS) is 26.2. The van der Waals surface area contributed by atoms with Crippen LogP contribution in [0.1, 0.15) is 25.7 Å². The molecular weight excluding hydrogens is 212 g/mol. The highest BCUT2D eigenvalue weighted by Crippen LogP contribution is 2.24. The molecule has 0 radical (unpaired) electrons. The second-order valence-corrected chi connectivity index (χ2v) is 4.61. The lowest BCUT2D eigenvalue weighted by Gasteiger charge is -2.26. The smallest absolute Gasteiger partial charge is 0.229 e. The van der Waals surface area contributed by atoms with E-state index in [0.29, 0.717) is 5.00 Å². The Morgan fingerprint density at radius 1 is 1.53 bits per heavy atom. The number of aromatic nitrogens is 2. The fourth-order valence-corrected chi connectivity index (χ4v) is 2.34. The molecule has 1 amide bonds. The molecule has 82 valence electrons. The summed E-state index contributed by atoms with van der Waals surface area (Å²) in [6, 6.07) is -0.000342. The van der Waals surface area contributed by atoms with E-state index in [1.54, 1.807) is 6.20 Å². The van der Waals surface area contributed by atoms with Crippen LogP contribution in [0.4, 0.5) is 5.00 Å². The highest BCUT2D eigenvalue weighted by Gasteiger charge is 2.28. The first kappa shape index (κ1) is 10.5. The molecule has 6 heteroatoms. The Morgan fingerprint density at radius 2 is 2.33 bits per heavy atom. The van der Waals surface area contributed by atoms with Gasteiger partial charge in [0.25, 0.3) is 0 Å². The maximum atomic E-state index is 11.8. The monoisotopic (exact) mass is 226 g/mol. The molecule has 0 bridgehead atoms. The molecule has 1 aliphatic carbocycles. The summed E-state index contributed by atoms with van der Waals surface area (Å²) in [7, 11) is 0. The minimum atomic E-state index is -0.0548. The topological polar surface area (TPSA) is 80.9 Å². The minimum absolute atomic E-state index is 0.000342. The van der Waals surface area contributed by atoms with Crippen LogP contribution in [0, 0.1) is 5.92 Å². The molecule has 3 N–H and O–H groups in total.